The van der Waals surface area contributed by atoms with Gasteiger partial charge in [0.05, 0.1) is 10.0 Å². The molecule has 0 aliphatic heterocycles. The van der Waals surface area contributed by atoms with E-state index in [1.54, 1.807) is 36.4 Å². The Hall–Kier alpha value is -3.14. The van der Waals surface area contributed by atoms with Gasteiger partial charge in [-0.25, -0.2) is 9.69 Å². The number of nitrogens with zero attached hydrogens (tertiary/aromatic N) is 2. The third-order valence-corrected chi connectivity index (χ3v) is 5.57. The van der Waals surface area contributed by atoms with Crippen molar-refractivity contribution >= 4 is 46.9 Å². The summed E-state index contributed by atoms with van der Waals surface area (Å²) in [5.41, 5.74) is 9.39. The van der Waals surface area contributed by atoms with Gasteiger partial charge in [0.2, 0.25) is 11.6 Å². The highest BCUT2D eigenvalue weighted by Crippen LogP contribution is 2.26. The molecular formula is C22H25Cl2N5O4. The second-order valence-electron chi connectivity index (χ2n) is 7.20. The fourth-order valence-corrected chi connectivity index (χ4v) is 3.61. The van der Waals surface area contributed by atoms with Crippen LogP contribution in [0.1, 0.15) is 35.7 Å². The zero-order valence-electron chi connectivity index (χ0n) is 17.9. The Bertz CT molecular complexity index is 1040. The van der Waals surface area contributed by atoms with Gasteiger partial charge in [0, 0.05) is 25.6 Å². The number of imide groups is 1. The first-order chi connectivity index (χ1) is 15.6. The van der Waals surface area contributed by atoms with Crippen molar-refractivity contribution in [3.05, 3.63) is 69.7 Å². The number of carbonyl (C=O) groups excluding carboxylic acids is 2. The maximum atomic E-state index is 13.3. The monoisotopic (exact) mass is 493 g/mol. The molecule has 0 heterocycles. The lowest BCUT2D eigenvalue weighted by atomic mass is 9.98. The molecule has 2 rings (SSSR count). The molecule has 6 N–H and O–H groups in total. The van der Waals surface area contributed by atoms with Crippen molar-refractivity contribution in [1.29, 1.82) is 0 Å². The number of hydrogen-bond acceptors (Lipinski definition) is 5. The molecule has 2 aromatic rings. The molecule has 1 atom stereocenters. The molecule has 2 aromatic carbocycles. The third kappa shape index (κ3) is 6.67. The highest BCUT2D eigenvalue weighted by atomic mass is 35.5. The Kier molecular flexibility index (Phi) is 9.22. The molecule has 0 bridgehead atoms. The number of aliphatic imine (C=N–C) groups is 1. The standard InChI is InChI=1S/C22H25Cl2N5O4/c1-14(30)29(19(31)16-6-3-2-4-7-16)22(20(32)33,10-5-11-27-21(25)26)28-13-15-8-9-17(23)18(24)12-15/h2-4,6-9,12,28H,5,10-11,13H2,1H3,(H,32,33)(H4,25,26,27)/t22-/m0/s1. The van der Waals surface area contributed by atoms with Crippen LogP contribution < -0.4 is 16.8 Å². The van der Waals surface area contributed by atoms with Crippen LogP contribution in [0.3, 0.4) is 0 Å². The lowest BCUT2D eigenvalue weighted by Gasteiger charge is -2.39. The molecule has 0 unspecified atom stereocenters. The molecule has 0 spiro atoms. The van der Waals surface area contributed by atoms with Crippen LogP contribution in [-0.4, -0.2) is 46.0 Å². The second kappa shape index (κ2) is 11.6. The number of hydrogen-bond donors (Lipinski definition) is 4. The number of guanidine groups is 1. The minimum absolute atomic E-state index is 0.0165. The minimum Gasteiger partial charge on any atom is -0.478 e. The van der Waals surface area contributed by atoms with E-state index in [0.29, 0.717) is 10.6 Å². The Labute approximate surface area is 201 Å². The largest absolute Gasteiger partial charge is 0.478 e. The van der Waals surface area contributed by atoms with E-state index in [0.717, 1.165) is 11.8 Å². The molecule has 0 saturated carbocycles. The topological polar surface area (TPSA) is 151 Å². The van der Waals surface area contributed by atoms with Gasteiger partial charge in [-0.3, -0.25) is 19.9 Å². The molecule has 0 aliphatic rings. The van der Waals surface area contributed by atoms with Crippen LogP contribution in [-0.2, 0) is 16.1 Å². The first kappa shape index (κ1) is 26.1. The summed E-state index contributed by atoms with van der Waals surface area (Å²) >= 11 is 12.0. The van der Waals surface area contributed by atoms with Crippen molar-refractivity contribution in [2.24, 2.45) is 16.5 Å². The minimum atomic E-state index is -2.08. The van der Waals surface area contributed by atoms with Crippen molar-refractivity contribution < 1.29 is 19.5 Å². The van der Waals surface area contributed by atoms with Crippen LogP contribution in [0.5, 0.6) is 0 Å². The van der Waals surface area contributed by atoms with Crippen LogP contribution in [0, 0.1) is 0 Å². The number of rotatable bonds is 10. The average Bonchev–Trinajstić information content (AvgIpc) is 2.76. The van der Waals surface area contributed by atoms with Crippen LogP contribution >= 0.6 is 23.2 Å². The smallest absolute Gasteiger partial charge is 0.345 e. The molecule has 0 radical (unpaired) electrons. The fraction of sp³-hybridized carbons (Fsp3) is 0.273. The quantitative estimate of drug-likeness (QED) is 0.172. The van der Waals surface area contributed by atoms with E-state index in [2.05, 4.69) is 10.3 Å². The van der Waals surface area contributed by atoms with E-state index in [9.17, 15) is 19.5 Å². The number of nitrogens with one attached hydrogen (secondary N) is 1. The van der Waals surface area contributed by atoms with E-state index in [4.69, 9.17) is 34.7 Å². The molecule has 176 valence electrons. The van der Waals surface area contributed by atoms with Gasteiger partial charge in [0.25, 0.3) is 5.91 Å². The van der Waals surface area contributed by atoms with Crippen LogP contribution in [0.25, 0.3) is 0 Å². The van der Waals surface area contributed by atoms with Crippen molar-refractivity contribution in [3.63, 3.8) is 0 Å². The molecule has 33 heavy (non-hydrogen) atoms. The highest BCUT2D eigenvalue weighted by molar-refractivity contribution is 6.42. The van der Waals surface area contributed by atoms with Crippen molar-refractivity contribution in [2.75, 3.05) is 6.54 Å². The number of carbonyl (C=O) groups is 3. The van der Waals surface area contributed by atoms with Crippen molar-refractivity contribution in [2.45, 2.75) is 32.0 Å². The summed E-state index contributed by atoms with van der Waals surface area (Å²) in [6.45, 7) is 1.23. The number of aliphatic carboxylic acids is 1. The number of nitrogens with two attached hydrogens (primary N) is 2. The summed E-state index contributed by atoms with van der Waals surface area (Å²) < 4.78 is 0. The van der Waals surface area contributed by atoms with Crippen molar-refractivity contribution in [3.8, 4) is 0 Å². The SMILES string of the molecule is CC(=O)N(C(=O)c1ccccc1)[C@](CCCN=C(N)N)(NCc1ccc(Cl)c(Cl)c1)C(=O)O. The van der Waals surface area contributed by atoms with Gasteiger partial charge in [-0.05, 0) is 42.7 Å². The van der Waals surface area contributed by atoms with Gasteiger partial charge in [0.15, 0.2) is 5.96 Å². The molecule has 2 amide bonds. The molecule has 0 saturated heterocycles. The van der Waals surface area contributed by atoms with Crippen molar-refractivity contribution in [1.82, 2.24) is 10.2 Å². The third-order valence-electron chi connectivity index (χ3n) is 4.83. The summed E-state index contributed by atoms with van der Waals surface area (Å²) in [4.78, 5) is 43.2. The highest BCUT2D eigenvalue weighted by Gasteiger charge is 2.48. The summed E-state index contributed by atoms with van der Waals surface area (Å²) in [6.07, 6.45) is 0.0169. The number of halogens is 2. The fourth-order valence-electron chi connectivity index (χ4n) is 3.29. The normalized spacial score (nSPS) is 12.5. The van der Waals surface area contributed by atoms with Crippen LogP contribution in [0.2, 0.25) is 10.0 Å². The van der Waals surface area contributed by atoms with E-state index >= 15 is 0 Å². The number of carboxylic acid groups (broad SMARTS) is 1. The predicted octanol–water partition coefficient (Wildman–Crippen LogP) is 2.61. The molecule has 0 fully saturated rings. The molecule has 0 aliphatic carbocycles. The van der Waals surface area contributed by atoms with Gasteiger partial charge >= 0.3 is 5.97 Å². The van der Waals surface area contributed by atoms with Gasteiger partial charge in [-0.1, -0.05) is 47.5 Å². The summed E-state index contributed by atoms with van der Waals surface area (Å²) in [7, 11) is 0. The molecule has 9 nitrogen and oxygen atoms in total. The van der Waals surface area contributed by atoms with Gasteiger partial charge < -0.3 is 16.6 Å². The van der Waals surface area contributed by atoms with E-state index in [1.807, 2.05) is 0 Å². The first-order valence-electron chi connectivity index (χ1n) is 9.96. The number of carboxylic acids is 1. The first-order valence-corrected chi connectivity index (χ1v) is 10.7. The maximum absolute atomic E-state index is 13.3. The van der Waals surface area contributed by atoms with E-state index in [-0.39, 0.29) is 42.5 Å². The number of benzene rings is 2. The Morgan fingerprint density at radius 3 is 2.30 bits per heavy atom. The van der Waals surface area contributed by atoms with E-state index in [1.165, 1.54) is 12.1 Å². The number of amides is 2. The Morgan fingerprint density at radius 1 is 1.09 bits per heavy atom. The summed E-state index contributed by atoms with van der Waals surface area (Å²) in [5.74, 6) is -3.06. The zero-order valence-corrected chi connectivity index (χ0v) is 19.4. The van der Waals surface area contributed by atoms with Gasteiger partial charge in [0.1, 0.15) is 0 Å². The summed E-state index contributed by atoms with van der Waals surface area (Å²) in [5, 5.41) is 13.8. The summed E-state index contributed by atoms with van der Waals surface area (Å²) in [6, 6.07) is 12.7. The second-order valence-corrected chi connectivity index (χ2v) is 8.02. The van der Waals surface area contributed by atoms with E-state index < -0.39 is 23.4 Å². The zero-order chi connectivity index (χ0) is 24.6. The molecule has 0 aromatic heterocycles. The van der Waals surface area contributed by atoms with Crippen LogP contribution in [0.4, 0.5) is 0 Å². The van der Waals surface area contributed by atoms with Crippen LogP contribution in [0.15, 0.2) is 53.5 Å². The average molecular weight is 494 g/mol. The molecule has 11 heteroatoms. The Morgan fingerprint density at radius 2 is 1.76 bits per heavy atom. The van der Waals surface area contributed by atoms with Gasteiger partial charge in [-0.2, -0.15) is 0 Å². The predicted molar refractivity (Wildman–Crippen MR) is 127 cm³/mol. The lowest BCUT2D eigenvalue weighted by molar-refractivity contribution is -0.159. The Balaban J connectivity index is 2.49. The lowest BCUT2D eigenvalue weighted by Crippen LogP contribution is -2.67. The maximum Gasteiger partial charge on any atom is 0.345 e. The molecular weight excluding hydrogens is 469 g/mol. The van der Waals surface area contributed by atoms with Gasteiger partial charge in [-0.15, -0.1) is 0 Å².